The highest BCUT2D eigenvalue weighted by Crippen LogP contribution is 2.25. The van der Waals surface area contributed by atoms with Gasteiger partial charge in [0.15, 0.2) is 0 Å². The van der Waals surface area contributed by atoms with E-state index in [2.05, 4.69) is 9.78 Å². The van der Waals surface area contributed by atoms with Crippen LogP contribution in [0.3, 0.4) is 0 Å². The summed E-state index contributed by atoms with van der Waals surface area (Å²) in [4.78, 5) is 17.1. The smallest absolute Gasteiger partial charge is 0.283 e. The SMILES string of the molecule is O=C(C1OO1)C(F)(F)F. The van der Waals surface area contributed by atoms with Gasteiger partial charge in [-0.05, 0) is 0 Å². The molecule has 0 bridgehead atoms. The normalized spacial score (nSPS) is 19.9. The Morgan fingerprint density at radius 1 is 1.33 bits per heavy atom. The van der Waals surface area contributed by atoms with Crippen LogP contribution in [0.25, 0.3) is 0 Å². The standard InChI is InChI=1S/C3HF3O3/c4-3(5,6)1(7)2-8-9-2/h2H. The van der Waals surface area contributed by atoms with Crippen LogP contribution < -0.4 is 0 Å². The molecule has 0 aromatic carbocycles. The van der Waals surface area contributed by atoms with E-state index in [4.69, 9.17) is 0 Å². The summed E-state index contributed by atoms with van der Waals surface area (Å²) in [5.74, 6) is -2.00. The minimum atomic E-state index is -4.85. The zero-order valence-corrected chi connectivity index (χ0v) is 3.94. The highest BCUT2D eigenvalue weighted by Gasteiger charge is 2.51. The van der Waals surface area contributed by atoms with E-state index in [0.29, 0.717) is 0 Å². The summed E-state index contributed by atoms with van der Waals surface area (Å²) in [6.07, 6.45) is -6.55. The number of carbonyl (C=O) groups is 1. The first kappa shape index (κ1) is 6.50. The van der Waals surface area contributed by atoms with E-state index >= 15 is 0 Å². The van der Waals surface area contributed by atoms with E-state index in [1.54, 1.807) is 0 Å². The van der Waals surface area contributed by atoms with Crippen LogP contribution in [0.15, 0.2) is 0 Å². The van der Waals surface area contributed by atoms with Crippen molar-refractivity contribution in [1.29, 1.82) is 0 Å². The van der Waals surface area contributed by atoms with Gasteiger partial charge in [0, 0.05) is 0 Å². The van der Waals surface area contributed by atoms with Gasteiger partial charge in [-0.2, -0.15) is 22.9 Å². The monoisotopic (exact) mass is 142 g/mol. The number of hydrogen-bond acceptors (Lipinski definition) is 3. The van der Waals surface area contributed by atoms with E-state index in [-0.39, 0.29) is 0 Å². The summed E-state index contributed by atoms with van der Waals surface area (Å²) in [7, 11) is 0. The number of alkyl halides is 3. The Labute approximate surface area is 47.3 Å². The molecule has 1 fully saturated rings. The Morgan fingerprint density at radius 3 is 1.89 bits per heavy atom. The van der Waals surface area contributed by atoms with Crippen LogP contribution in [0.5, 0.6) is 0 Å². The second-order valence-corrected chi connectivity index (χ2v) is 1.39. The van der Waals surface area contributed by atoms with Crippen molar-refractivity contribution in [3.63, 3.8) is 0 Å². The van der Waals surface area contributed by atoms with Gasteiger partial charge in [-0.15, -0.1) is 0 Å². The molecule has 3 nitrogen and oxygen atoms in total. The first-order chi connectivity index (χ1) is 4.02. The number of hydrogen-bond donors (Lipinski definition) is 0. The van der Waals surface area contributed by atoms with Crippen LogP contribution in [0.4, 0.5) is 13.2 Å². The lowest BCUT2D eigenvalue weighted by atomic mass is 10.4. The minimum absolute atomic E-state index is 1.70. The molecule has 0 aromatic heterocycles. The quantitative estimate of drug-likeness (QED) is 0.393. The fraction of sp³-hybridized carbons (Fsp3) is 0.667. The van der Waals surface area contributed by atoms with Gasteiger partial charge in [-0.1, -0.05) is 0 Å². The molecule has 0 amide bonds. The first-order valence-electron chi connectivity index (χ1n) is 1.95. The zero-order valence-electron chi connectivity index (χ0n) is 3.94. The van der Waals surface area contributed by atoms with E-state index < -0.39 is 18.2 Å². The Bertz CT molecular complexity index is 136. The van der Waals surface area contributed by atoms with Crippen molar-refractivity contribution < 1.29 is 27.7 Å². The van der Waals surface area contributed by atoms with Gasteiger partial charge >= 0.3 is 6.18 Å². The maximum absolute atomic E-state index is 11.2. The fourth-order valence-electron chi connectivity index (χ4n) is 0.249. The largest absolute Gasteiger partial charge is 0.455 e. The molecule has 0 unspecified atom stereocenters. The zero-order chi connectivity index (χ0) is 7.07. The number of rotatable bonds is 1. The topological polar surface area (TPSA) is 42.1 Å². The summed E-state index contributed by atoms with van der Waals surface area (Å²) in [5, 5.41) is 0. The van der Waals surface area contributed by atoms with Crippen molar-refractivity contribution in [1.82, 2.24) is 0 Å². The molecular formula is C3HF3O3. The lowest BCUT2D eigenvalue weighted by Gasteiger charge is -1.97. The van der Waals surface area contributed by atoms with Gasteiger partial charge in [0.1, 0.15) is 0 Å². The van der Waals surface area contributed by atoms with Crippen molar-refractivity contribution >= 4 is 5.78 Å². The fourth-order valence-corrected chi connectivity index (χ4v) is 0.249. The molecule has 9 heavy (non-hydrogen) atoms. The van der Waals surface area contributed by atoms with Gasteiger partial charge in [-0.3, -0.25) is 4.79 Å². The number of ketones is 1. The molecule has 0 aliphatic carbocycles. The molecule has 1 aliphatic rings. The summed E-state index contributed by atoms with van der Waals surface area (Å²) >= 11 is 0. The molecule has 1 heterocycles. The molecular weight excluding hydrogens is 141 g/mol. The van der Waals surface area contributed by atoms with Crippen LogP contribution in [-0.4, -0.2) is 18.2 Å². The van der Waals surface area contributed by atoms with E-state index in [1.807, 2.05) is 0 Å². The van der Waals surface area contributed by atoms with Gasteiger partial charge in [-0.25, -0.2) is 0 Å². The predicted molar refractivity (Wildman–Crippen MR) is 17.0 cm³/mol. The van der Waals surface area contributed by atoms with E-state index in [9.17, 15) is 18.0 Å². The Kier molecular flexibility index (Phi) is 1.21. The predicted octanol–water partition coefficient (Wildman–Crippen LogP) is 0.406. The molecule has 0 N–H and O–H groups in total. The van der Waals surface area contributed by atoms with Crippen LogP contribution in [0.2, 0.25) is 0 Å². The second kappa shape index (κ2) is 1.68. The molecule has 1 aliphatic heterocycles. The average Bonchev–Trinajstić information content (AvgIpc) is 2.40. The van der Waals surface area contributed by atoms with Gasteiger partial charge < -0.3 is 0 Å². The lowest BCUT2D eigenvalue weighted by Crippen LogP contribution is -2.27. The molecule has 0 aromatic rings. The van der Waals surface area contributed by atoms with Crippen molar-refractivity contribution in [2.75, 3.05) is 0 Å². The first-order valence-corrected chi connectivity index (χ1v) is 1.95. The van der Waals surface area contributed by atoms with Crippen molar-refractivity contribution in [2.45, 2.75) is 12.5 Å². The second-order valence-electron chi connectivity index (χ2n) is 1.39. The van der Waals surface area contributed by atoms with Crippen LogP contribution in [0.1, 0.15) is 0 Å². The molecule has 52 valence electrons. The Morgan fingerprint density at radius 2 is 1.78 bits per heavy atom. The molecule has 0 spiro atoms. The van der Waals surface area contributed by atoms with Crippen molar-refractivity contribution in [2.24, 2.45) is 0 Å². The van der Waals surface area contributed by atoms with Gasteiger partial charge in [0.25, 0.3) is 12.1 Å². The summed E-state index contributed by atoms with van der Waals surface area (Å²) in [6, 6.07) is 0. The van der Waals surface area contributed by atoms with E-state index in [0.717, 1.165) is 0 Å². The maximum Gasteiger partial charge on any atom is 0.455 e. The molecule has 6 heteroatoms. The Balaban J connectivity index is 2.50. The van der Waals surface area contributed by atoms with Crippen LogP contribution >= 0.6 is 0 Å². The van der Waals surface area contributed by atoms with Crippen LogP contribution in [0, 0.1) is 0 Å². The summed E-state index contributed by atoms with van der Waals surface area (Å²) < 4.78 is 33.7. The lowest BCUT2D eigenvalue weighted by molar-refractivity contribution is -0.172. The number of Topliss-reactive ketones (excluding diaryl/α,β-unsaturated/α-hetero) is 1. The van der Waals surface area contributed by atoms with Gasteiger partial charge in [0.05, 0.1) is 0 Å². The van der Waals surface area contributed by atoms with E-state index in [1.165, 1.54) is 0 Å². The molecule has 0 radical (unpaired) electrons. The number of halogens is 3. The molecule has 0 atom stereocenters. The third kappa shape index (κ3) is 1.39. The van der Waals surface area contributed by atoms with Gasteiger partial charge in [0.2, 0.25) is 0 Å². The average molecular weight is 142 g/mol. The number of carbonyl (C=O) groups excluding carboxylic acids is 1. The highest BCUT2D eigenvalue weighted by molar-refractivity contribution is 5.87. The summed E-state index contributed by atoms with van der Waals surface area (Å²) in [6.45, 7) is 0. The van der Waals surface area contributed by atoms with Crippen LogP contribution in [-0.2, 0) is 14.6 Å². The highest BCUT2D eigenvalue weighted by atomic mass is 19.4. The maximum atomic E-state index is 11.2. The molecule has 0 saturated carbocycles. The summed E-state index contributed by atoms with van der Waals surface area (Å²) in [5.41, 5.74) is 0. The minimum Gasteiger partial charge on any atom is -0.283 e. The van der Waals surface area contributed by atoms with Crippen molar-refractivity contribution in [3.05, 3.63) is 0 Å². The third-order valence-corrected chi connectivity index (χ3v) is 0.686. The molecule has 1 saturated heterocycles. The Hall–Kier alpha value is -0.620. The molecule has 1 rings (SSSR count). The third-order valence-electron chi connectivity index (χ3n) is 0.686. The van der Waals surface area contributed by atoms with Crippen molar-refractivity contribution in [3.8, 4) is 0 Å².